The normalized spacial score (nSPS) is 22.7. The predicted octanol–water partition coefficient (Wildman–Crippen LogP) is 5.18. The molecule has 1 aromatic carbocycles. The second-order valence-corrected chi connectivity index (χ2v) is 9.83. The van der Waals surface area contributed by atoms with E-state index in [1.165, 1.54) is 22.4 Å². The van der Waals surface area contributed by atoms with Crippen molar-refractivity contribution in [2.75, 3.05) is 7.11 Å². The van der Waals surface area contributed by atoms with Gasteiger partial charge in [0.1, 0.15) is 17.1 Å². The number of nitrogens with zero attached hydrogens (tertiary/aromatic N) is 2. The van der Waals surface area contributed by atoms with Crippen molar-refractivity contribution < 1.29 is 9.47 Å². The van der Waals surface area contributed by atoms with Crippen LogP contribution in [-0.4, -0.2) is 22.5 Å². The van der Waals surface area contributed by atoms with E-state index in [0.717, 1.165) is 37.2 Å². The van der Waals surface area contributed by atoms with Gasteiger partial charge in [0, 0.05) is 30.6 Å². The Bertz CT molecular complexity index is 894. The summed E-state index contributed by atoms with van der Waals surface area (Å²) in [7, 11) is 3.80. The molecule has 1 aromatic heterocycles. The number of ether oxygens (including phenoxy) is 2. The van der Waals surface area contributed by atoms with Crippen molar-refractivity contribution in [1.29, 1.82) is 0 Å². The summed E-state index contributed by atoms with van der Waals surface area (Å²) in [6, 6.07) is 4.53. The molecule has 0 spiro atoms. The summed E-state index contributed by atoms with van der Waals surface area (Å²) in [5.41, 5.74) is 5.01. The van der Waals surface area contributed by atoms with Crippen LogP contribution in [0.4, 0.5) is 0 Å². The SMILES string of the molecule is CCCC(C)(C)c1cc(OC)c2c(c1)OC(C)(C)[C@@H]1Cc3cn(C)nc3C[C@@H]21. The van der Waals surface area contributed by atoms with E-state index in [1.807, 2.05) is 11.7 Å². The Morgan fingerprint density at radius 2 is 2.04 bits per heavy atom. The van der Waals surface area contributed by atoms with Crippen molar-refractivity contribution in [3.63, 3.8) is 0 Å². The van der Waals surface area contributed by atoms with Gasteiger partial charge in [-0.15, -0.1) is 0 Å². The zero-order valence-corrected chi connectivity index (χ0v) is 18.4. The summed E-state index contributed by atoms with van der Waals surface area (Å²) >= 11 is 0. The van der Waals surface area contributed by atoms with Gasteiger partial charge in [0.05, 0.1) is 12.8 Å². The third kappa shape index (κ3) is 3.01. The molecule has 0 fully saturated rings. The van der Waals surface area contributed by atoms with Gasteiger partial charge in [-0.1, -0.05) is 27.2 Å². The van der Waals surface area contributed by atoms with Crippen LogP contribution in [0.25, 0.3) is 0 Å². The lowest BCUT2D eigenvalue weighted by Gasteiger charge is -2.47. The summed E-state index contributed by atoms with van der Waals surface area (Å²) < 4.78 is 14.5. The Kier molecular flexibility index (Phi) is 4.52. The summed E-state index contributed by atoms with van der Waals surface area (Å²) in [6.45, 7) is 11.4. The molecule has 152 valence electrons. The molecule has 0 radical (unpaired) electrons. The number of fused-ring (bicyclic) bond motifs is 4. The highest BCUT2D eigenvalue weighted by Crippen LogP contribution is 2.54. The number of hydrogen-bond acceptors (Lipinski definition) is 3. The van der Waals surface area contributed by atoms with Gasteiger partial charge in [-0.3, -0.25) is 4.68 Å². The first kappa shape index (κ1) is 19.4. The number of benzene rings is 1. The summed E-state index contributed by atoms with van der Waals surface area (Å²) in [5.74, 6) is 2.77. The van der Waals surface area contributed by atoms with Gasteiger partial charge >= 0.3 is 0 Å². The maximum absolute atomic E-state index is 6.66. The van der Waals surface area contributed by atoms with Gasteiger partial charge < -0.3 is 9.47 Å². The molecule has 0 unspecified atom stereocenters. The number of methoxy groups -OCH3 is 1. The van der Waals surface area contributed by atoms with E-state index in [0.29, 0.717) is 11.8 Å². The first-order chi connectivity index (χ1) is 13.2. The molecule has 4 heteroatoms. The highest BCUT2D eigenvalue weighted by Gasteiger charge is 2.48. The smallest absolute Gasteiger partial charge is 0.127 e. The molecule has 1 aliphatic carbocycles. The molecule has 0 saturated carbocycles. The van der Waals surface area contributed by atoms with Gasteiger partial charge in [0.15, 0.2) is 0 Å². The molecule has 0 saturated heterocycles. The second kappa shape index (κ2) is 6.53. The van der Waals surface area contributed by atoms with E-state index in [4.69, 9.17) is 14.6 Å². The van der Waals surface area contributed by atoms with Crippen molar-refractivity contribution in [3.05, 3.63) is 40.7 Å². The lowest BCUT2D eigenvalue weighted by Crippen LogP contribution is -2.48. The molecule has 0 amide bonds. The van der Waals surface area contributed by atoms with Crippen molar-refractivity contribution in [2.24, 2.45) is 13.0 Å². The van der Waals surface area contributed by atoms with Gasteiger partial charge in [-0.05, 0) is 61.8 Å². The molecule has 2 atom stereocenters. The average molecular weight is 383 g/mol. The molecule has 4 rings (SSSR count). The molecule has 2 heterocycles. The molecular weight excluding hydrogens is 348 g/mol. The van der Waals surface area contributed by atoms with E-state index in [1.54, 1.807) is 7.11 Å². The van der Waals surface area contributed by atoms with Gasteiger partial charge in [-0.2, -0.15) is 5.10 Å². The predicted molar refractivity (Wildman–Crippen MR) is 112 cm³/mol. The molecular formula is C24H34N2O2. The Morgan fingerprint density at radius 1 is 1.29 bits per heavy atom. The van der Waals surface area contributed by atoms with Crippen LogP contribution in [0.2, 0.25) is 0 Å². The fourth-order valence-electron chi connectivity index (χ4n) is 5.43. The monoisotopic (exact) mass is 382 g/mol. The summed E-state index contributed by atoms with van der Waals surface area (Å²) in [4.78, 5) is 0. The standard InChI is InChI=1S/C24H34N2O2/c1-8-9-23(2,3)16-11-20(27-7)22-17-13-19-15(14-26(6)25-19)10-18(17)24(4,5)28-21(22)12-16/h11-12,14,17-18H,8-10,13H2,1-7H3/t17-,18-/m1/s1. The van der Waals surface area contributed by atoms with E-state index in [2.05, 4.69) is 52.9 Å². The lowest BCUT2D eigenvalue weighted by molar-refractivity contribution is 0.00534. The minimum atomic E-state index is -0.219. The van der Waals surface area contributed by atoms with Crippen LogP contribution < -0.4 is 9.47 Å². The number of aromatic nitrogens is 2. The van der Waals surface area contributed by atoms with E-state index in [-0.39, 0.29) is 11.0 Å². The average Bonchev–Trinajstić information content (AvgIpc) is 2.98. The first-order valence-electron chi connectivity index (χ1n) is 10.6. The zero-order valence-electron chi connectivity index (χ0n) is 18.4. The second-order valence-electron chi connectivity index (χ2n) is 9.83. The van der Waals surface area contributed by atoms with Crippen molar-refractivity contribution in [1.82, 2.24) is 9.78 Å². The van der Waals surface area contributed by atoms with Gasteiger partial charge in [-0.25, -0.2) is 0 Å². The minimum absolute atomic E-state index is 0.0993. The van der Waals surface area contributed by atoms with Crippen molar-refractivity contribution in [3.8, 4) is 11.5 Å². The Morgan fingerprint density at radius 3 is 2.71 bits per heavy atom. The number of aryl methyl sites for hydroxylation is 1. The molecule has 2 aliphatic rings. The van der Waals surface area contributed by atoms with Crippen LogP contribution in [0.15, 0.2) is 18.3 Å². The van der Waals surface area contributed by atoms with Gasteiger partial charge in [0.2, 0.25) is 0 Å². The van der Waals surface area contributed by atoms with Crippen molar-refractivity contribution in [2.45, 2.75) is 77.2 Å². The van der Waals surface area contributed by atoms with Crippen molar-refractivity contribution >= 4 is 0 Å². The number of hydrogen-bond donors (Lipinski definition) is 0. The molecule has 0 bridgehead atoms. The first-order valence-corrected chi connectivity index (χ1v) is 10.6. The van der Waals surface area contributed by atoms with Gasteiger partial charge in [0.25, 0.3) is 0 Å². The minimum Gasteiger partial charge on any atom is -0.496 e. The highest BCUT2D eigenvalue weighted by molar-refractivity contribution is 5.55. The summed E-state index contributed by atoms with van der Waals surface area (Å²) in [5, 5.41) is 4.73. The molecule has 28 heavy (non-hydrogen) atoms. The molecule has 0 N–H and O–H groups in total. The van der Waals surface area contributed by atoms with E-state index < -0.39 is 0 Å². The van der Waals surface area contributed by atoms with Crippen LogP contribution in [0.3, 0.4) is 0 Å². The molecule has 4 nitrogen and oxygen atoms in total. The van der Waals surface area contributed by atoms with E-state index >= 15 is 0 Å². The third-order valence-electron chi connectivity index (χ3n) is 6.95. The van der Waals surface area contributed by atoms with Crippen LogP contribution in [-0.2, 0) is 25.3 Å². The Labute approximate surface area is 169 Å². The topological polar surface area (TPSA) is 36.3 Å². The summed E-state index contributed by atoms with van der Waals surface area (Å²) in [6.07, 6.45) is 6.43. The lowest BCUT2D eigenvalue weighted by atomic mass is 9.66. The maximum atomic E-state index is 6.66. The van der Waals surface area contributed by atoms with E-state index in [9.17, 15) is 0 Å². The highest BCUT2D eigenvalue weighted by atomic mass is 16.5. The van der Waals surface area contributed by atoms with Crippen LogP contribution in [0.1, 0.15) is 75.8 Å². The molecule has 1 aliphatic heterocycles. The fraction of sp³-hybridized carbons (Fsp3) is 0.625. The fourth-order valence-corrected chi connectivity index (χ4v) is 5.43. The zero-order chi connectivity index (χ0) is 20.3. The van der Waals surface area contributed by atoms with Crippen LogP contribution in [0, 0.1) is 5.92 Å². The van der Waals surface area contributed by atoms with Crippen LogP contribution >= 0.6 is 0 Å². The quantitative estimate of drug-likeness (QED) is 0.731. The number of rotatable bonds is 4. The largest absolute Gasteiger partial charge is 0.496 e. The Balaban J connectivity index is 1.85. The maximum Gasteiger partial charge on any atom is 0.127 e. The third-order valence-corrected chi connectivity index (χ3v) is 6.95. The van der Waals surface area contributed by atoms with Crippen LogP contribution in [0.5, 0.6) is 11.5 Å². The molecule has 2 aromatic rings. The Hall–Kier alpha value is -1.97.